The highest BCUT2D eigenvalue weighted by atomic mass is 35.5. The molecule has 1 aromatic carbocycles. The minimum Gasteiger partial charge on any atom is -0.489 e. The Morgan fingerprint density at radius 3 is 2.75 bits per heavy atom. The van der Waals surface area contributed by atoms with Crippen LogP contribution in [-0.4, -0.2) is 51.8 Å². The summed E-state index contributed by atoms with van der Waals surface area (Å²) in [7, 11) is 3.19. The highest BCUT2D eigenvalue weighted by molar-refractivity contribution is 6.32. The van der Waals surface area contributed by atoms with Crippen LogP contribution in [0, 0.1) is 0 Å². The van der Waals surface area contributed by atoms with Crippen LogP contribution in [0.3, 0.4) is 0 Å². The van der Waals surface area contributed by atoms with E-state index in [1.165, 1.54) is 7.11 Å². The van der Waals surface area contributed by atoms with E-state index in [0.717, 1.165) is 12.1 Å². The number of hydrogen-bond acceptors (Lipinski definition) is 5. The number of aliphatic hydroxyl groups excluding tert-OH is 1. The quantitative estimate of drug-likeness (QED) is 0.641. The van der Waals surface area contributed by atoms with E-state index in [2.05, 4.69) is 5.32 Å². The number of halogens is 1. The monoisotopic (exact) mass is 303 g/mol. The van der Waals surface area contributed by atoms with Crippen molar-refractivity contribution in [3.05, 3.63) is 28.8 Å². The fraction of sp³-hybridized carbons (Fsp3) is 0.571. The fourth-order valence-electron chi connectivity index (χ4n) is 1.67. The van der Waals surface area contributed by atoms with Crippen LogP contribution in [0.2, 0.25) is 5.02 Å². The van der Waals surface area contributed by atoms with Crippen LogP contribution < -0.4 is 10.1 Å². The van der Waals surface area contributed by atoms with Crippen molar-refractivity contribution in [3.63, 3.8) is 0 Å². The van der Waals surface area contributed by atoms with E-state index in [1.54, 1.807) is 13.2 Å². The normalized spacial score (nSPS) is 12.4. The van der Waals surface area contributed by atoms with Gasteiger partial charge in [-0.05, 0) is 6.07 Å². The van der Waals surface area contributed by atoms with Gasteiger partial charge in [-0.1, -0.05) is 23.7 Å². The molecule has 1 rings (SSSR count). The Balaban J connectivity index is 2.58. The van der Waals surface area contributed by atoms with E-state index in [1.807, 2.05) is 12.1 Å². The first-order valence-electron chi connectivity index (χ1n) is 6.46. The molecular formula is C14H22ClNO4. The third kappa shape index (κ3) is 6.07. The lowest BCUT2D eigenvalue weighted by Gasteiger charge is -2.16. The van der Waals surface area contributed by atoms with Crippen LogP contribution in [0.5, 0.6) is 5.75 Å². The summed E-state index contributed by atoms with van der Waals surface area (Å²) in [5, 5.41) is 13.4. The summed E-state index contributed by atoms with van der Waals surface area (Å²) in [5.74, 6) is 0.592. The summed E-state index contributed by atoms with van der Waals surface area (Å²) in [6.07, 6.45) is -0.675. The zero-order chi connectivity index (χ0) is 14.8. The summed E-state index contributed by atoms with van der Waals surface area (Å²) < 4.78 is 15.4. The Hall–Kier alpha value is -0.850. The average molecular weight is 304 g/mol. The number of nitrogens with one attached hydrogen (secondary N) is 1. The fourth-order valence-corrected chi connectivity index (χ4v) is 1.92. The van der Waals surface area contributed by atoms with Gasteiger partial charge in [0.25, 0.3) is 0 Å². The molecule has 0 fully saturated rings. The number of methoxy groups -OCH3 is 2. The number of hydrogen-bond donors (Lipinski definition) is 2. The van der Waals surface area contributed by atoms with Crippen molar-refractivity contribution in [2.24, 2.45) is 0 Å². The minimum absolute atomic E-state index is 0.142. The second kappa shape index (κ2) is 9.96. The maximum Gasteiger partial charge on any atom is 0.142 e. The molecular weight excluding hydrogens is 282 g/mol. The maximum atomic E-state index is 9.61. The van der Waals surface area contributed by atoms with Gasteiger partial charge in [-0.3, -0.25) is 0 Å². The molecule has 1 unspecified atom stereocenters. The van der Waals surface area contributed by atoms with Gasteiger partial charge >= 0.3 is 0 Å². The lowest BCUT2D eigenvalue weighted by molar-refractivity contribution is 0.0323. The van der Waals surface area contributed by atoms with Gasteiger partial charge in [0, 0.05) is 32.9 Å². The van der Waals surface area contributed by atoms with E-state index >= 15 is 0 Å². The van der Waals surface area contributed by atoms with Gasteiger partial charge in [-0.25, -0.2) is 0 Å². The molecule has 2 N–H and O–H groups in total. The molecule has 5 nitrogen and oxygen atoms in total. The Morgan fingerprint density at radius 2 is 2.05 bits per heavy atom. The Labute approximate surface area is 124 Å². The third-order valence-electron chi connectivity index (χ3n) is 2.63. The largest absolute Gasteiger partial charge is 0.489 e. The zero-order valence-corrected chi connectivity index (χ0v) is 12.7. The van der Waals surface area contributed by atoms with Crippen molar-refractivity contribution < 1.29 is 19.3 Å². The number of ether oxygens (including phenoxy) is 3. The number of rotatable bonds is 10. The van der Waals surface area contributed by atoms with Crippen molar-refractivity contribution in [2.45, 2.75) is 12.6 Å². The molecule has 0 aliphatic rings. The van der Waals surface area contributed by atoms with Crippen LogP contribution in [0.15, 0.2) is 18.2 Å². The van der Waals surface area contributed by atoms with Gasteiger partial charge in [-0.2, -0.15) is 0 Å². The van der Waals surface area contributed by atoms with E-state index in [9.17, 15) is 5.11 Å². The Morgan fingerprint density at radius 1 is 1.25 bits per heavy atom. The Bertz CT molecular complexity index is 389. The topological polar surface area (TPSA) is 60.0 Å². The zero-order valence-electron chi connectivity index (χ0n) is 11.9. The summed E-state index contributed by atoms with van der Waals surface area (Å²) in [4.78, 5) is 0. The molecule has 0 aromatic heterocycles. The third-order valence-corrected chi connectivity index (χ3v) is 2.92. The first kappa shape index (κ1) is 17.2. The number of aliphatic hydroxyl groups is 1. The van der Waals surface area contributed by atoms with Crippen LogP contribution in [-0.2, 0) is 16.0 Å². The molecule has 0 amide bonds. The number of para-hydroxylation sites is 1. The molecule has 1 atom stereocenters. The average Bonchev–Trinajstić information content (AvgIpc) is 2.43. The first-order chi connectivity index (χ1) is 9.69. The van der Waals surface area contributed by atoms with Gasteiger partial charge in [0.05, 0.1) is 18.2 Å². The van der Waals surface area contributed by atoms with Crippen LogP contribution in [0.25, 0.3) is 0 Å². The second-order valence-electron chi connectivity index (χ2n) is 4.32. The van der Waals surface area contributed by atoms with E-state index < -0.39 is 6.10 Å². The van der Waals surface area contributed by atoms with Gasteiger partial charge in [0.2, 0.25) is 0 Å². The van der Waals surface area contributed by atoms with Crippen molar-refractivity contribution in [2.75, 3.05) is 40.6 Å². The van der Waals surface area contributed by atoms with Crippen LogP contribution >= 0.6 is 11.6 Å². The lowest BCUT2D eigenvalue weighted by atomic mass is 10.2. The predicted molar refractivity (Wildman–Crippen MR) is 78.4 cm³/mol. The molecule has 1 aromatic rings. The molecule has 6 heteroatoms. The summed E-state index contributed by atoms with van der Waals surface area (Å²) in [6.45, 7) is 2.38. The summed E-state index contributed by atoms with van der Waals surface area (Å²) in [5.41, 5.74) is 0.943. The van der Waals surface area contributed by atoms with Crippen molar-refractivity contribution in [1.29, 1.82) is 0 Å². The molecule has 0 aliphatic carbocycles. The molecule has 0 heterocycles. The van der Waals surface area contributed by atoms with Gasteiger partial charge < -0.3 is 24.6 Å². The predicted octanol–water partition coefficient (Wildman–Crippen LogP) is 1.46. The molecule has 0 bridgehead atoms. The molecule has 20 heavy (non-hydrogen) atoms. The molecule has 0 spiro atoms. The Kier molecular flexibility index (Phi) is 8.57. The van der Waals surface area contributed by atoms with E-state index in [4.69, 9.17) is 25.8 Å². The summed E-state index contributed by atoms with van der Waals surface area (Å²) in [6, 6.07) is 5.57. The second-order valence-corrected chi connectivity index (χ2v) is 4.73. The first-order valence-corrected chi connectivity index (χ1v) is 6.83. The highest BCUT2D eigenvalue weighted by Crippen LogP contribution is 2.28. The van der Waals surface area contributed by atoms with Crippen molar-refractivity contribution >= 4 is 11.6 Å². The molecule has 0 saturated heterocycles. The number of benzene rings is 1. The van der Waals surface area contributed by atoms with Crippen LogP contribution in [0.1, 0.15) is 5.56 Å². The lowest BCUT2D eigenvalue weighted by Crippen LogP contribution is -2.24. The van der Waals surface area contributed by atoms with Gasteiger partial charge in [0.15, 0.2) is 0 Å². The van der Waals surface area contributed by atoms with E-state index in [0.29, 0.717) is 23.9 Å². The van der Waals surface area contributed by atoms with Crippen molar-refractivity contribution in [3.8, 4) is 5.75 Å². The molecule has 0 aliphatic heterocycles. The molecule has 114 valence electrons. The van der Waals surface area contributed by atoms with Gasteiger partial charge in [0.1, 0.15) is 18.5 Å². The SMILES string of the molecule is COCCNCc1cccc(Cl)c1OCC(O)COC. The standard InChI is InChI=1S/C14H22ClNO4/c1-18-7-6-16-8-11-4-3-5-13(15)14(11)20-10-12(17)9-19-2/h3-5,12,16-17H,6-10H2,1-2H3. The minimum atomic E-state index is -0.675. The molecule has 0 saturated carbocycles. The van der Waals surface area contributed by atoms with Crippen LogP contribution in [0.4, 0.5) is 0 Å². The summed E-state index contributed by atoms with van der Waals surface area (Å²) >= 11 is 6.14. The highest BCUT2D eigenvalue weighted by Gasteiger charge is 2.11. The van der Waals surface area contributed by atoms with Crippen molar-refractivity contribution in [1.82, 2.24) is 5.32 Å². The van der Waals surface area contributed by atoms with Gasteiger partial charge in [-0.15, -0.1) is 0 Å². The maximum absolute atomic E-state index is 9.61. The molecule has 0 radical (unpaired) electrons. The van der Waals surface area contributed by atoms with E-state index in [-0.39, 0.29) is 13.2 Å². The smallest absolute Gasteiger partial charge is 0.142 e.